The lowest BCUT2D eigenvalue weighted by atomic mass is 10.1. The molecule has 1 aromatic carbocycles. The summed E-state index contributed by atoms with van der Waals surface area (Å²) in [4.78, 5) is 11.7. The molecule has 0 aromatic heterocycles. The van der Waals surface area contributed by atoms with Crippen molar-refractivity contribution in [1.29, 1.82) is 0 Å². The first-order chi connectivity index (χ1) is 7.62. The predicted molar refractivity (Wildman–Crippen MR) is 62.1 cm³/mol. The van der Waals surface area contributed by atoms with Crippen molar-refractivity contribution in [2.24, 2.45) is 0 Å². The van der Waals surface area contributed by atoms with Crippen LogP contribution >= 0.6 is 0 Å². The van der Waals surface area contributed by atoms with E-state index in [4.69, 9.17) is 0 Å². The molecule has 2 rings (SSSR count). The zero-order chi connectivity index (χ0) is 11.6. The molecule has 0 radical (unpaired) electrons. The summed E-state index contributed by atoms with van der Waals surface area (Å²) in [5, 5.41) is -3.17. The maximum Gasteiger partial charge on any atom is 0.474 e. The largest absolute Gasteiger partial charge is 0.474 e. The number of Topliss-reactive ketones (excluding diaryl/α,β-unsaturated/α-hetero) is 1. The first-order valence-electron chi connectivity index (χ1n) is 5.27. The Morgan fingerprint density at radius 3 is 2.25 bits per heavy atom. The normalized spacial score (nSPS) is 17.6. The highest BCUT2D eigenvalue weighted by Crippen LogP contribution is 2.33. The smallest absolute Gasteiger partial charge is 0.281 e. The van der Waals surface area contributed by atoms with Gasteiger partial charge in [-0.1, -0.05) is 30.3 Å². The molecule has 1 aromatic rings. The number of ketones is 1. The van der Waals surface area contributed by atoms with Crippen molar-refractivity contribution in [1.82, 2.24) is 0 Å². The van der Waals surface area contributed by atoms with E-state index >= 15 is 0 Å². The van der Waals surface area contributed by atoms with Crippen LogP contribution in [0.4, 0.5) is 8.78 Å². The summed E-state index contributed by atoms with van der Waals surface area (Å²) in [6.07, 6.45) is 1.64. The lowest BCUT2D eigenvalue weighted by molar-refractivity contribution is 0.0554. The Morgan fingerprint density at radius 1 is 1.12 bits per heavy atom. The van der Waals surface area contributed by atoms with Crippen LogP contribution in [0, 0.1) is 0 Å². The van der Waals surface area contributed by atoms with E-state index < -0.39 is 21.9 Å². The van der Waals surface area contributed by atoms with Crippen LogP contribution < -0.4 is 0 Å². The quantitative estimate of drug-likeness (QED) is 0.589. The van der Waals surface area contributed by atoms with Gasteiger partial charge in [0.1, 0.15) is 11.5 Å². The van der Waals surface area contributed by atoms with Gasteiger partial charge >= 0.3 is 5.25 Å². The van der Waals surface area contributed by atoms with Crippen LogP contribution in [0.25, 0.3) is 0 Å². The minimum absolute atomic E-state index is 0.117. The van der Waals surface area contributed by atoms with Crippen molar-refractivity contribution in [3.8, 4) is 0 Å². The number of carbonyl (C=O) groups is 1. The fraction of sp³-hybridized carbons (Fsp3) is 0.417. The van der Waals surface area contributed by atoms with E-state index in [1.165, 1.54) is 12.1 Å². The Morgan fingerprint density at radius 2 is 1.69 bits per heavy atom. The number of carbonyl (C=O) groups excluding carboxylic acids is 1. The average Bonchev–Trinajstić information content (AvgIpc) is 2.83. The Labute approximate surface area is 96.2 Å². The molecule has 0 atom stereocenters. The molecule has 86 valence electrons. The summed E-state index contributed by atoms with van der Waals surface area (Å²) in [7, 11) is -1.05. The van der Waals surface area contributed by atoms with E-state index in [1.807, 2.05) is 0 Å². The molecule has 0 amide bonds. The molecule has 0 unspecified atom stereocenters. The summed E-state index contributed by atoms with van der Waals surface area (Å²) < 4.78 is 27.7. The molecule has 1 fully saturated rings. The molecular weight excluding hydrogens is 230 g/mol. The van der Waals surface area contributed by atoms with Gasteiger partial charge in [-0.05, 0) is 12.8 Å². The third-order valence-corrected chi connectivity index (χ3v) is 5.17. The van der Waals surface area contributed by atoms with Crippen LogP contribution in [0.5, 0.6) is 0 Å². The van der Waals surface area contributed by atoms with E-state index in [0.717, 1.165) is 12.8 Å². The molecular formula is C12H13F2OS+. The Balaban J connectivity index is 2.20. The Bertz CT molecular complexity index is 372. The van der Waals surface area contributed by atoms with Crippen molar-refractivity contribution in [3.63, 3.8) is 0 Å². The van der Waals surface area contributed by atoms with Gasteiger partial charge in [-0.3, -0.25) is 4.79 Å². The van der Waals surface area contributed by atoms with Crippen molar-refractivity contribution >= 4 is 16.7 Å². The van der Waals surface area contributed by atoms with E-state index in [2.05, 4.69) is 0 Å². The highest BCUT2D eigenvalue weighted by Gasteiger charge is 2.57. The van der Waals surface area contributed by atoms with Gasteiger partial charge in [0.05, 0.1) is 10.9 Å². The predicted octanol–water partition coefficient (Wildman–Crippen LogP) is 2.87. The van der Waals surface area contributed by atoms with Gasteiger partial charge in [0, 0.05) is 5.56 Å². The van der Waals surface area contributed by atoms with Crippen molar-refractivity contribution in [3.05, 3.63) is 35.9 Å². The second kappa shape index (κ2) is 4.53. The first-order valence-corrected chi connectivity index (χ1v) is 6.84. The van der Waals surface area contributed by atoms with Gasteiger partial charge < -0.3 is 0 Å². The zero-order valence-electron chi connectivity index (χ0n) is 8.79. The van der Waals surface area contributed by atoms with Crippen LogP contribution in [0.2, 0.25) is 0 Å². The molecule has 1 aliphatic rings. The highest BCUT2D eigenvalue weighted by atomic mass is 32.2. The number of rotatable bonds is 3. The molecule has 16 heavy (non-hydrogen) atoms. The Kier molecular flexibility index (Phi) is 3.28. The zero-order valence-corrected chi connectivity index (χ0v) is 9.60. The summed E-state index contributed by atoms with van der Waals surface area (Å²) in [6.45, 7) is 0. The summed E-state index contributed by atoms with van der Waals surface area (Å²) in [5.41, 5.74) is 0.117. The molecule has 4 heteroatoms. The molecule has 0 aliphatic carbocycles. The van der Waals surface area contributed by atoms with Gasteiger partial charge in [-0.25, -0.2) is 0 Å². The van der Waals surface area contributed by atoms with Crippen molar-refractivity contribution in [2.45, 2.75) is 18.1 Å². The molecule has 0 spiro atoms. The number of alkyl halides is 2. The number of hydrogen-bond acceptors (Lipinski definition) is 1. The number of hydrogen-bond donors (Lipinski definition) is 0. The van der Waals surface area contributed by atoms with Crippen molar-refractivity contribution in [2.75, 3.05) is 11.5 Å². The van der Waals surface area contributed by atoms with E-state index in [-0.39, 0.29) is 5.56 Å². The third kappa shape index (κ3) is 2.12. The van der Waals surface area contributed by atoms with Gasteiger partial charge in [-0.15, -0.1) is 8.78 Å². The fourth-order valence-electron chi connectivity index (χ4n) is 1.80. The minimum atomic E-state index is -3.17. The van der Waals surface area contributed by atoms with Crippen LogP contribution in [0.3, 0.4) is 0 Å². The summed E-state index contributed by atoms with van der Waals surface area (Å²) >= 11 is 0. The van der Waals surface area contributed by atoms with Gasteiger partial charge in [-0.2, -0.15) is 0 Å². The molecule has 1 saturated heterocycles. The topological polar surface area (TPSA) is 17.1 Å². The summed E-state index contributed by atoms with van der Waals surface area (Å²) in [5.74, 6) is -0.0322. The second-order valence-corrected chi connectivity index (χ2v) is 6.13. The van der Waals surface area contributed by atoms with Crippen molar-refractivity contribution < 1.29 is 13.6 Å². The molecule has 1 nitrogen and oxygen atoms in total. The monoisotopic (exact) mass is 243 g/mol. The molecule has 1 heterocycles. The van der Waals surface area contributed by atoms with Gasteiger partial charge in [0.25, 0.3) is 5.78 Å². The molecule has 0 saturated carbocycles. The van der Waals surface area contributed by atoms with Gasteiger partial charge in [0.2, 0.25) is 0 Å². The maximum absolute atomic E-state index is 13.9. The molecule has 1 aliphatic heterocycles. The van der Waals surface area contributed by atoms with E-state index in [0.29, 0.717) is 11.5 Å². The maximum atomic E-state index is 13.9. The average molecular weight is 243 g/mol. The lowest BCUT2D eigenvalue weighted by Crippen LogP contribution is -2.39. The molecule has 0 bridgehead atoms. The summed E-state index contributed by atoms with van der Waals surface area (Å²) in [6, 6.07) is 7.85. The van der Waals surface area contributed by atoms with Crippen LogP contribution in [0.1, 0.15) is 23.2 Å². The van der Waals surface area contributed by atoms with Crippen LogP contribution in [-0.4, -0.2) is 22.5 Å². The number of halogens is 2. The minimum Gasteiger partial charge on any atom is -0.281 e. The lowest BCUT2D eigenvalue weighted by Gasteiger charge is -2.12. The number of benzene rings is 1. The third-order valence-electron chi connectivity index (χ3n) is 2.69. The van der Waals surface area contributed by atoms with Crippen LogP contribution in [-0.2, 0) is 10.9 Å². The standard InChI is InChI=1S/C12H13F2OS/c13-12(14,16-8-4-5-9-16)11(15)10-6-2-1-3-7-10/h1-3,6-7H,4-5,8-9H2/q+1. The van der Waals surface area contributed by atoms with Gasteiger partial charge in [0.15, 0.2) is 0 Å². The van der Waals surface area contributed by atoms with Crippen LogP contribution in [0.15, 0.2) is 30.3 Å². The molecule has 0 N–H and O–H groups in total. The van der Waals surface area contributed by atoms with E-state index in [9.17, 15) is 13.6 Å². The highest BCUT2D eigenvalue weighted by molar-refractivity contribution is 7.98. The Hall–Kier alpha value is -0.900. The van der Waals surface area contributed by atoms with E-state index in [1.54, 1.807) is 18.2 Å². The SMILES string of the molecule is O=C(c1ccccc1)C(F)(F)[S+]1CCCC1. The fourth-order valence-corrected chi connectivity index (χ4v) is 4.00. The first kappa shape index (κ1) is 11.6. The second-order valence-electron chi connectivity index (χ2n) is 3.82.